The Morgan fingerprint density at radius 3 is 2.83 bits per heavy atom. The monoisotopic (exact) mass is 316 g/mol. The smallest absolute Gasteiger partial charge is 0.165 e. The number of nitrogens with one attached hydrogen (secondary N) is 1. The highest BCUT2D eigenvalue weighted by Gasteiger charge is 2.10. The summed E-state index contributed by atoms with van der Waals surface area (Å²) in [6.07, 6.45) is 5.32. The summed E-state index contributed by atoms with van der Waals surface area (Å²) in [4.78, 5) is 8.97. The van der Waals surface area contributed by atoms with Gasteiger partial charge in [0.05, 0.1) is 17.3 Å². The van der Waals surface area contributed by atoms with Gasteiger partial charge in [0.1, 0.15) is 5.82 Å². The molecule has 4 aromatic rings. The second-order valence-electron chi connectivity index (χ2n) is 5.45. The van der Waals surface area contributed by atoms with Crippen molar-refractivity contribution in [1.82, 2.24) is 19.6 Å². The lowest BCUT2D eigenvalue weighted by atomic mass is 10.2. The third kappa shape index (κ3) is 2.77. The molecule has 6 nitrogen and oxygen atoms in total. The standard InChI is InChI=1S/C18H16N6/c19-14-7-9-24-16(10-14)15(12-22-24)18-20-8-6-17(23-18)21-11-13-4-2-1-3-5-13/h1-10,12H,11,19H2,(H,20,21,23). The molecule has 0 aliphatic rings. The van der Waals surface area contributed by atoms with E-state index in [9.17, 15) is 0 Å². The average molecular weight is 316 g/mol. The first-order chi connectivity index (χ1) is 11.8. The number of nitrogens with zero attached hydrogens (tertiary/aromatic N) is 4. The Morgan fingerprint density at radius 2 is 1.96 bits per heavy atom. The van der Waals surface area contributed by atoms with Crippen molar-refractivity contribution >= 4 is 17.0 Å². The Balaban J connectivity index is 1.63. The lowest BCUT2D eigenvalue weighted by Gasteiger charge is -2.07. The third-order valence-electron chi connectivity index (χ3n) is 3.76. The van der Waals surface area contributed by atoms with E-state index in [1.807, 2.05) is 42.6 Å². The molecule has 3 aromatic heterocycles. The Bertz CT molecular complexity index is 977. The van der Waals surface area contributed by atoms with Crippen molar-refractivity contribution in [3.8, 4) is 11.4 Å². The lowest BCUT2D eigenvalue weighted by molar-refractivity contribution is 0.962. The molecule has 3 heterocycles. The van der Waals surface area contributed by atoms with Crippen LogP contribution in [-0.2, 0) is 6.54 Å². The van der Waals surface area contributed by atoms with Crippen LogP contribution in [0.1, 0.15) is 5.56 Å². The maximum atomic E-state index is 5.88. The van der Waals surface area contributed by atoms with Gasteiger partial charge < -0.3 is 11.1 Å². The second kappa shape index (κ2) is 6.00. The summed E-state index contributed by atoms with van der Waals surface area (Å²) < 4.78 is 1.76. The van der Waals surface area contributed by atoms with Crippen LogP contribution < -0.4 is 11.1 Å². The first-order valence-electron chi connectivity index (χ1n) is 7.64. The zero-order chi connectivity index (χ0) is 16.4. The number of fused-ring (bicyclic) bond motifs is 1. The third-order valence-corrected chi connectivity index (χ3v) is 3.76. The molecule has 0 saturated carbocycles. The van der Waals surface area contributed by atoms with Crippen LogP contribution in [0.15, 0.2) is 67.1 Å². The highest BCUT2D eigenvalue weighted by molar-refractivity contribution is 5.78. The number of pyridine rings is 1. The van der Waals surface area contributed by atoms with Crippen LogP contribution in [0.2, 0.25) is 0 Å². The van der Waals surface area contributed by atoms with E-state index in [0.717, 1.165) is 16.9 Å². The molecular formula is C18H16N6. The van der Waals surface area contributed by atoms with Crippen LogP contribution in [0.3, 0.4) is 0 Å². The minimum absolute atomic E-state index is 0.619. The fraction of sp³-hybridized carbons (Fsp3) is 0.0556. The Morgan fingerprint density at radius 1 is 1.08 bits per heavy atom. The molecule has 0 unspecified atom stereocenters. The van der Waals surface area contributed by atoms with Gasteiger partial charge in [-0.05, 0) is 23.8 Å². The number of hydrogen-bond donors (Lipinski definition) is 2. The molecule has 0 aliphatic heterocycles. The second-order valence-corrected chi connectivity index (χ2v) is 5.45. The maximum absolute atomic E-state index is 5.88. The van der Waals surface area contributed by atoms with Crippen molar-refractivity contribution in [1.29, 1.82) is 0 Å². The van der Waals surface area contributed by atoms with Gasteiger partial charge in [-0.1, -0.05) is 30.3 Å². The van der Waals surface area contributed by atoms with E-state index >= 15 is 0 Å². The molecular weight excluding hydrogens is 300 g/mol. The molecule has 4 rings (SSSR count). The van der Waals surface area contributed by atoms with Crippen molar-refractivity contribution in [2.75, 3.05) is 11.1 Å². The fourth-order valence-corrected chi connectivity index (χ4v) is 2.54. The van der Waals surface area contributed by atoms with E-state index < -0.39 is 0 Å². The summed E-state index contributed by atoms with van der Waals surface area (Å²) in [5, 5.41) is 7.64. The summed E-state index contributed by atoms with van der Waals surface area (Å²) in [6, 6.07) is 15.7. The molecule has 1 aromatic carbocycles. The minimum atomic E-state index is 0.619. The predicted octanol–water partition coefficient (Wildman–Crippen LogP) is 2.99. The summed E-state index contributed by atoms with van der Waals surface area (Å²) in [6.45, 7) is 0.707. The largest absolute Gasteiger partial charge is 0.399 e. The molecule has 0 saturated heterocycles. The number of benzene rings is 1. The number of aromatic nitrogens is 4. The number of rotatable bonds is 4. The topological polar surface area (TPSA) is 81.1 Å². The van der Waals surface area contributed by atoms with Gasteiger partial charge in [0.25, 0.3) is 0 Å². The van der Waals surface area contributed by atoms with Crippen LogP contribution in [0.25, 0.3) is 16.9 Å². The zero-order valence-electron chi connectivity index (χ0n) is 12.9. The summed E-state index contributed by atoms with van der Waals surface area (Å²) >= 11 is 0. The van der Waals surface area contributed by atoms with Gasteiger partial charge in [0.15, 0.2) is 5.82 Å². The molecule has 0 fully saturated rings. The summed E-state index contributed by atoms with van der Waals surface area (Å²) in [5.41, 5.74) is 9.49. The molecule has 6 heteroatoms. The number of anilines is 2. The minimum Gasteiger partial charge on any atom is -0.399 e. The van der Waals surface area contributed by atoms with Gasteiger partial charge in [-0.2, -0.15) is 5.10 Å². The average Bonchev–Trinajstić information content (AvgIpc) is 3.04. The van der Waals surface area contributed by atoms with E-state index in [2.05, 4.69) is 32.5 Å². The van der Waals surface area contributed by atoms with Crippen molar-refractivity contribution in [3.63, 3.8) is 0 Å². The van der Waals surface area contributed by atoms with Crippen molar-refractivity contribution in [3.05, 3.63) is 72.7 Å². The van der Waals surface area contributed by atoms with Gasteiger partial charge in [-0.3, -0.25) is 0 Å². The van der Waals surface area contributed by atoms with Gasteiger partial charge in [0, 0.05) is 24.6 Å². The molecule has 0 aliphatic carbocycles. The van der Waals surface area contributed by atoms with E-state index in [4.69, 9.17) is 5.73 Å². The van der Waals surface area contributed by atoms with Gasteiger partial charge >= 0.3 is 0 Å². The van der Waals surface area contributed by atoms with Crippen LogP contribution >= 0.6 is 0 Å². The Kier molecular flexibility index (Phi) is 3.55. The number of hydrogen-bond acceptors (Lipinski definition) is 5. The molecule has 0 atom stereocenters. The highest BCUT2D eigenvalue weighted by atomic mass is 15.2. The fourth-order valence-electron chi connectivity index (χ4n) is 2.54. The van der Waals surface area contributed by atoms with Gasteiger partial charge in [-0.25, -0.2) is 14.5 Å². The maximum Gasteiger partial charge on any atom is 0.165 e. The summed E-state index contributed by atoms with van der Waals surface area (Å²) in [7, 11) is 0. The van der Waals surface area contributed by atoms with E-state index in [-0.39, 0.29) is 0 Å². The lowest BCUT2D eigenvalue weighted by Crippen LogP contribution is -2.02. The first-order valence-corrected chi connectivity index (χ1v) is 7.64. The number of nitrogen functional groups attached to an aromatic ring is 1. The SMILES string of the molecule is Nc1ccn2ncc(-c3nccc(NCc4ccccc4)n3)c2c1. The molecule has 0 spiro atoms. The van der Waals surface area contributed by atoms with Crippen LogP contribution in [0.4, 0.5) is 11.5 Å². The first kappa shape index (κ1) is 14.2. The van der Waals surface area contributed by atoms with Crippen LogP contribution in [-0.4, -0.2) is 19.6 Å². The number of nitrogens with two attached hydrogens (primary N) is 1. The molecule has 0 radical (unpaired) electrons. The van der Waals surface area contributed by atoms with Crippen molar-refractivity contribution in [2.24, 2.45) is 0 Å². The zero-order valence-corrected chi connectivity index (χ0v) is 12.9. The van der Waals surface area contributed by atoms with Gasteiger partial charge in [0.2, 0.25) is 0 Å². The van der Waals surface area contributed by atoms with Gasteiger partial charge in [-0.15, -0.1) is 0 Å². The van der Waals surface area contributed by atoms with E-state index in [1.165, 1.54) is 5.56 Å². The molecule has 0 amide bonds. The van der Waals surface area contributed by atoms with Crippen LogP contribution in [0.5, 0.6) is 0 Å². The molecule has 3 N–H and O–H groups in total. The summed E-state index contributed by atoms with van der Waals surface area (Å²) in [5.74, 6) is 1.39. The molecule has 24 heavy (non-hydrogen) atoms. The highest BCUT2D eigenvalue weighted by Crippen LogP contribution is 2.23. The normalized spacial score (nSPS) is 10.8. The van der Waals surface area contributed by atoms with Crippen molar-refractivity contribution < 1.29 is 0 Å². The van der Waals surface area contributed by atoms with E-state index in [0.29, 0.717) is 18.1 Å². The quantitative estimate of drug-likeness (QED) is 0.605. The predicted molar refractivity (Wildman–Crippen MR) is 94.4 cm³/mol. The molecule has 0 bridgehead atoms. The van der Waals surface area contributed by atoms with Crippen LogP contribution in [0, 0.1) is 0 Å². The van der Waals surface area contributed by atoms with E-state index in [1.54, 1.807) is 16.9 Å². The molecule has 118 valence electrons. The Labute approximate surface area is 139 Å². The Hall–Kier alpha value is -3.41. The van der Waals surface area contributed by atoms with Crippen molar-refractivity contribution in [2.45, 2.75) is 6.54 Å².